The second-order valence-electron chi connectivity index (χ2n) is 4.79. The van der Waals surface area contributed by atoms with Gasteiger partial charge in [0.15, 0.2) is 0 Å². The number of carbonyl (C=O) groups is 1. The lowest BCUT2D eigenvalue weighted by Gasteiger charge is -2.37. The molecule has 6 heteroatoms. The van der Waals surface area contributed by atoms with Crippen molar-refractivity contribution in [2.45, 2.75) is 6.04 Å². The zero-order valence-electron chi connectivity index (χ0n) is 11.3. The second kappa shape index (κ2) is 6.46. The van der Waals surface area contributed by atoms with E-state index in [4.69, 9.17) is 11.6 Å². The fourth-order valence-electron chi connectivity index (χ4n) is 1.90. The lowest BCUT2D eigenvalue weighted by atomic mass is 10.1. The number of anilines is 1. The van der Waals surface area contributed by atoms with Crippen LogP contribution in [0.2, 0.25) is 5.02 Å². The Balaban J connectivity index is 0.00000180. The highest BCUT2D eigenvalue weighted by molar-refractivity contribution is 6.34. The number of carbonyl (C=O) groups excluding carboxylic acids is 1. The molecular weight excluding hydrogens is 285 g/mol. The van der Waals surface area contributed by atoms with Crippen LogP contribution in [0.4, 0.5) is 5.69 Å². The van der Waals surface area contributed by atoms with Crippen LogP contribution in [0.15, 0.2) is 18.2 Å². The summed E-state index contributed by atoms with van der Waals surface area (Å²) in [4.78, 5) is 15.6. The average molecular weight is 304 g/mol. The summed E-state index contributed by atoms with van der Waals surface area (Å²) in [7, 11) is 5.49. The van der Waals surface area contributed by atoms with E-state index in [0.29, 0.717) is 16.6 Å². The number of hydrogen-bond acceptors (Lipinski definition) is 3. The van der Waals surface area contributed by atoms with E-state index < -0.39 is 0 Å². The maximum Gasteiger partial charge on any atom is 0.254 e. The van der Waals surface area contributed by atoms with Gasteiger partial charge >= 0.3 is 0 Å². The summed E-state index contributed by atoms with van der Waals surface area (Å²) in [5, 5.41) is 3.74. The van der Waals surface area contributed by atoms with E-state index >= 15 is 0 Å². The van der Waals surface area contributed by atoms with Crippen molar-refractivity contribution in [1.82, 2.24) is 10.2 Å². The molecule has 1 amide bonds. The Hall–Kier alpha value is -0.970. The van der Waals surface area contributed by atoms with Gasteiger partial charge in [-0.15, -0.1) is 12.4 Å². The molecule has 0 bridgehead atoms. The Morgan fingerprint density at radius 1 is 1.32 bits per heavy atom. The predicted octanol–water partition coefficient (Wildman–Crippen LogP) is 1.87. The third kappa shape index (κ3) is 3.32. The standard InChI is InChI=1S/C13H18ClN3O.ClH/c1-16(2)13(18)11-5-4-9(6-12(11)14)17(3)10-7-15-8-10;/h4-6,10,15H,7-8H2,1-3H3;1H. The third-order valence-corrected chi connectivity index (χ3v) is 3.62. The van der Waals surface area contributed by atoms with Gasteiger partial charge in [-0.05, 0) is 18.2 Å². The molecule has 0 spiro atoms. The van der Waals surface area contributed by atoms with Crippen molar-refractivity contribution >= 4 is 35.6 Å². The molecule has 1 saturated heterocycles. The number of hydrogen-bond donors (Lipinski definition) is 1. The number of rotatable bonds is 3. The Morgan fingerprint density at radius 2 is 1.95 bits per heavy atom. The second-order valence-corrected chi connectivity index (χ2v) is 5.19. The normalized spacial score (nSPS) is 14.3. The Kier molecular flexibility index (Phi) is 5.47. The van der Waals surface area contributed by atoms with E-state index in [-0.39, 0.29) is 18.3 Å². The van der Waals surface area contributed by atoms with E-state index in [1.165, 1.54) is 4.90 Å². The summed E-state index contributed by atoms with van der Waals surface area (Å²) < 4.78 is 0. The molecule has 0 atom stereocenters. The molecular formula is C13H19Cl2N3O. The number of nitrogens with zero attached hydrogens (tertiary/aromatic N) is 2. The lowest BCUT2D eigenvalue weighted by molar-refractivity contribution is 0.0828. The van der Waals surface area contributed by atoms with Gasteiger partial charge in [0, 0.05) is 39.9 Å². The van der Waals surface area contributed by atoms with Gasteiger partial charge in [0.2, 0.25) is 0 Å². The molecule has 2 rings (SSSR count). The van der Waals surface area contributed by atoms with E-state index in [0.717, 1.165) is 18.8 Å². The molecule has 106 valence electrons. The minimum Gasteiger partial charge on any atom is -0.369 e. The molecule has 1 aromatic rings. The minimum atomic E-state index is -0.0699. The maximum atomic E-state index is 11.9. The summed E-state index contributed by atoms with van der Waals surface area (Å²) in [6, 6.07) is 6.11. The Bertz CT molecular complexity index is 461. The fraction of sp³-hybridized carbons (Fsp3) is 0.462. The highest BCUT2D eigenvalue weighted by atomic mass is 35.5. The first-order valence-electron chi connectivity index (χ1n) is 5.95. The van der Waals surface area contributed by atoms with Crippen LogP contribution < -0.4 is 10.2 Å². The highest BCUT2D eigenvalue weighted by Gasteiger charge is 2.22. The van der Waals surface area contributed by atoms with E-state index in [1.807, 2.05) is 19.2 Å². The van der Waals surface area contributed by atoms with Gasteiger partial charge in [0.05, 0.1) is 16.6 Å². The van der Waals surface area contributed by atoms with Gasteiger partial charge in [-0.25, -0.2) is 0 Å². The van der Waals surface area contributed by atoms with Gasteiger partial charge in [0.1, 0.15) is 0 Å². The third-order valence-electron chi connectivity index (χ3n) is 3.30. The Morgan fingerprint density at radius 3 is 2.37 bits per heavy atom. The van der Waals surface area contributed by atoms with Crippen LogP contribution in [0.3, 0.4) is 0 Å². The summed E-state index contributed by atoms with van der Waals surface area (Å²) in [6.45, 7) is 1.99. The topological polar surface area (TPSA) is 35.6 Å². The van der Waals surface area contributed by atoms with Gasteiger partial charge in [-0.2, -0.15) is 0 Å². The number of nitrogens with one attached hydrogen (secondary N) is 1. The molecule has 1 aliphatic rings. The SMILES string of the molecule is CN(C)C(=O)c1ccc(N(C)C2CNC2)cc1Cl.Cl. The first kappa shape index (κ1) is 16.1. The van der Waals surface area contributed by atoms with Crippen LogP contribution >= 0.6 is 24.0 Å². The van der Waals surface area contributed by atoms with Crippen LogP contribution in [0.25, 0.3) is 0 Å². The van der Waals surface area contributed by atoms with Crippen LogP contribution in [0.1, 0.15) is 10.4 Å². The van der Waals surface area contributed by atoms with Crippen molar-refractivity contribution in [3.8, 4) is 0 Å². The zero-order valence-corrected chi connectivity index (χ0v) is 12.9. The number of amides is 1. The molecule has 0 aliphatic carbocycles. The predicted molar refractivity (Wildman–Crippen MR) is 81.8 cm³/mol. The van der Waals surface area contributed by atoms with E-state index in [2.05, 4.69) is 10.2 Å². The highest BCUT2D eigenvalue weighted by Crippen LogP contribution is 2.25. The summed E-state index contributed by atoms with van der Waals surface area (Å²) in [6.07, 6.45) is 0. The number of benzene rings is 1. The molecule has 0 radical (unpaired) electrons. The van der Waals surface area contributed by atoms with Gasteiger partial charge in [-0.1, -0.05) is 11.6 Å². The lowest BCUT2D eigenvalue weighted by Crippen LogP contribution is -2.56. The first-order valence-corrected chi connectivity index (χ1v) is 6.33. The van der Waals surface area contributed by atoms with Crippen molar-refractivity contribution in [3.05, 3.63) is 28.8 Å². The first-order chi connectivity index (χ1) is 8.50. The van der Waals surface area contributed by atoms with Crippen molar-refractivity contribution in [1.29, 1.82) is 0 Å². The van der Waals surface area contributed by atoms with E-state index in [1.54, 1.807) is 20.2 Å². The van der Waals surface area contributed by atoms with Crippen molar-refractivity contribution in [2.24, 2.45) is 0 Å². The largest absolute Gasteiger partial charge is 0.369 e. The fourth-order valence-corrected chi connectivity index (χ4v) is 2.15. The van der Waals surface area contributed by atoms with Gasteiger partial charge in [-0.3, -0.25) is 4.79 Å². The van der Waals surface area contributed by atoms with Gasteiger partial charge < -0.3 is 15.1 Å². The maximum absolute atomic E-state index is 11.9. The van der Waals surface area contributed by atoms with Gasteiger partial charge in [0.25, 0.3) is 5.91 Å². The molecule has 1 N–H and O–H groups in total. The Labute approximate surface area is 125 Å². The van der Waals surface area contributed by atoms with Crippen LogP contribution in [0.5, 0.6) is 0 Å². The van der Waals surface area contributed by atoms with Crippen LogP contribution in [-0.4, -0.2) is 51.1 Å². The molecule has 0 aromatic heterocycles. The number of halogens is 2. The molecule has 1 aliphatic heterocycles. The quantitative estimate of drug-likeness (QED) is 0.926. The smallest absolute Gasteiger partial charge is 0.254 e. The van der Waals surface area contributed by atoms with Crippen LogP contribution in [-0.2, 0) is 0 Å². The molecule has 0 unspecified atom stereocenters. The minimum absolute atomic E-state index is 0. The zero-order chi connectivity index (χ0) is 13.3. The van der Waals surface area contributed by atoms with Crippen molar-refractivity contribution in [2.75, 3.05) is 39.1 Å². The van der Waals surface area contributed by atoms with E-state index in [9.17, 15) is 4.79 Å². The average Bonchev–Trinajstić information content (AvgIpc) is 2.25. The molecule has 0 saturated carbocycles. The summed E-state index contributed by atoms with van der Waals surface area (Å²) in [5.41, 5.74) is 1.59. The number of likely N-dealkylation sites (N-methyl/N-ethyl adjacent to an activating group) is 1. The summed E-state index contributed by atoms with van der Waals surface area (Å²) in [5.74, 6) is -0.0699. The molecule has 1 fully saturated rings. The molecule has 19 heavy (non-hydrogen) atoms. The molecule has 1 heterocycles. The summed E-state index contributed by atoms with van der Waals surface area (Å²) >= 11 is 6.19. The van der Waals surface area contributed by atoms with Crippen molar-refractivity contribution in [3.63, 3.8) is 0 Å². The molecule has 4 nitrogen and oxygen atoms in total. The molecule has 1 aromatic carbocycles. The van der Waals surface area contributed by atoms with Crippen LogP contribution in [0, 0.1) is 0 Å². The van der Waals surface area contributed by atoms with Crippen molar-refractivity contribution < 1.29 is 4.79 Å². The monoisotopic (exact) mass is 303 g/mol.